The van der Waals surface area contributed by atoms with Crippen molar-refractivity contribution in [2.24, 2.45) is 0 Å². The topological polar surface area (TPSA) is 41.6 Å². The molecule has 1 rings (SSSR count). The maximum Gasteiger partial charge on any atom is 0.250 e. The standard InChI is InChI=1S/C12H17BrN2O2/c1-4-17-8-12(16)14-10-7-9(13)5-6-11(10)15(2)3/h5-7H,4,8H2,1-3H3,(H,14,16). The summed E-state index contributed by atoms with van der Waals surface area (Å²) in [6.07, 6.45) is 0. The summed E-state index contributed by atoms with van der Waals surface area (Å²) in [6.45, 7) is 2.47. The van der Waals surface area contributed by atoms with Crippen molar-refractivity contribution in [3.63, 3.8) is 0 Å². The van der Waals surface area contributed by atoms with Crippen molar-refractivity contribution >= 4 is 33.2 Å². The molecule has 0 saturated heterocycles. The van der Waals surface area contributed by atoms with Gasteiger partial charge < -0.3 is 15.0 Å². The van der Waals surface area contributed by atoms with Gasteiger partial charge >= 0.3 is 0 Å². The first-order valence-corrected chi connectivity index (χ1v) is 6.18. The lowest BCUT2D eigenvalue weighted by atomic mass is 10.2. The quantitative estimate of drug-likeness (QED) is 0.908. The summed E-state index contributed by atoms with van der Waals surface area (Å²) in [6, 6.07) is 5.76. The molecule has 94 valence electrons. The number of amides is 1. The third kappa shape index (κ3) is 4.36. The summed E-state index contributed by atoms with van der Waals surface area (Å²) in [4.78, 5) is 13.5. The molecule has 0 atom stereocenters. The highest BCUT2D eigenvalue weighted by Crippen LogP contribution is 2.27. The number of hydrogen-bond acceptors (Lipinski definition) is 3. The molecule has 0 aliphatic carbocycles. The predicted molar refractivity (Wildman–Crippen MR) is 73.6 cm³/mol. The Morgan fingerprint density at radius 1 is 1.47 bits per heavy atom. The summed E-state index contributed by atoms with van der Waals surface area (Å²) in [5.41, 5.74) is 1.73. The molecule has 1 N–H and O–H groups in total. The molecule has 0 aliphatic heterocycles. The molecule has 4 nitrogen and oxygen atoms in total. The van der Waals surface area contributed by atoms with Gasteiger partial charge in [0.05, 0.1) is 11.4 Å². The van der Waals surface area contributed by atoms with Crippen molar-refractivity contribution in [2.45, 2.75) is 6.92 Å². The molecular weight excluding hydrogens is 284 g/mol. The molecule has 17 heavy (non-hydrogen) atoms. The largest absolute Gasteiger partial charge is 0.376 e. The van der Waals surface area contributed by atoms with Gasteiger partial charge in [-0.25, -0.2) is 0 Å². The lowest BCUT2D eigenvalue weighted by molar-refractivity contribution is -0.120. The Balaban J connectivity index is 2.81. The van der Waals surface area contributed by atoms with Crippen LogP contribution in [-0.2, 0) is 9.53 Å². The van der Waals surface area contributed by atoms with Crippen LogP contribution in [0.15, 0.2) is 22.7 Å². The second-order valence-corrected chi connectivity index (χ2v) is 4.66. The van der Waals surface area contributed by atoms with Crippen molar-refractivity contribution in [3.8, 4) is 0 Å². The Labute approximate surface area is 110 Å². The molecule has 5 heteroatoms. The van der Waals surface area contributed by atoms with E-state index in [1.54, 1.807) is 0 Å². The summed E-state index contributed by atoms with van der Waals surface area (Å²) in [7, 11) is 3.86. The first kappa shape index (κ1) is 14.0. The number of nitrogens with one attached hydrogen (secondary N) is 1. The highest BCUT2D eigenvalue weighted by Gasteiger charge is 2.08. The van der Waals surface area contributed by atoms with Gasteiger partial charge in [0.25, 0.3) is 0 Å². The lowest BCUT2D eigenvalue weighted by Crippen LogP contribution is -2.20. The number of rotatable bonds is 5. The van der Waals surface area contributed by atoms with Gasteiger partial charge in [0, 0.05) is 25.2 Å². The van der Waals surface area contributed by atoms with E-state index in [4.69, 9.17) is 4.74 Å². The SMILES string of the molecule is CCOCC(=O)Nc1cc(Br)ccc1N(C)C. The molecule has 0 fully saturated rings. The number of carbonyl (C=O) groups is 1. The van der Waals surface area contributed by atoms with Crippen LogP contribution in [0.5, 0.6) is 0 Å². The zero-order valence-electron chi connectivity index (χ0n) is 10.3. The molecule has 0 heterocycles. The highest BCUT2D eigenvalue weighted by atomic mass is 79.9. The van der Waals surface area contributed by atoms with Gasteiger partial charge in [-0.3, -0.25) is 4.79 Å². The smallest absolute Gasteiger partial charge is 0.250 e. The number of ether oxygens (including phenoxy) is 1. The van der Waals surface area contributed by atoms with E-state index < -0.39 is 0 Å². The first-order chi connectivity index (χ1) is 8.04. The summed E-state index contributed by atoms with van der Waals surface area (Å²) >= 11 is 3.39. The Morgan fingerprint density at radius 2 is 2.18 bits per heavy atom. The van der Waals surface area contributed by atoms with E-state index in [1.165, 1.54) is 0 Å². The van der Waals surface area contributed by atoms with Crippen LogP contribution in [0.25, 0.3) is 0 Å². The van der Waals surface area contributed by atoms with E-state index in [1.807, 2.05) is 44.1 Å². The predicted octanol–water partition coefficient (Wildman–Crippen LogP) is 2.49. The second-order valence-electron chi connectivity index (χ2n) is 3.74. The maximum absolute atomic E-state index is 11.6. The molecule has 1 amide bonds. The molecule has 0 unspecified atom stereocenters. The van der Waals surface area contributed by atoms with E-state index >= 15 is 0 Å². The average Bonchev–Trinajstić information content (AvgIpc) is 2.26. The van der Waals surface area contributed by atoms with Crippen molar-refractivity contribution in [3.05, 3.63) is 22.7 Å². The molecule has 1 aromatic rings. The molecule has 0 radical (unpaired) electrons. The molecule has 0 saturated carbocycles. The van der Waals surface area contributed by atoms with E-state index in [9.17, 15) is 4.79 Å². The monoisotopic (exact) mass is 300 g/mol. The third-order valence-corrected chi connectivity index (χ3v) is 2.65. The Morgan fingerprint density at radius 3 is 2.76 bits per heavy atom. The molecule has 0 spiro atoms. The van der Waals surface area contributed by atoms with Crippen LogP contribution in [-0.4, -0.2) is 33.2 Å². The van der Waals surface area contributed by atoms with Gasteiger partial charge in [0.2, 0.25) is 5.91 Å². The number of benzene rings is 1. The normalized spacial score (nSPS) is 10.1. The van der Waals surface area contributed by atoms with E-state index in [0.29, 0.717) is 6.61 Å². The summed E-state index contributed by atoms with van der Waals surface area (Å²) in [5.74, 6) is -0.145. The summed E-state index contributed by atoms with van der Waals surface area (Å²) < 4.78 is 5.99. The number of carbonyl (C=O) groups excluding carboxylic acids is 1. The van der Waals surface area contributed by atoms with Crippen LogP contribution in [0, 0.1) is 0 Å². The minimum Gasteiger partial charge on any atom is -0.376 e. The minimum absolute atomic E-state index is 0.0792. The first-order valence-electron chi connectivity index (χ1n) is 5.39. The zero-order valence-corrected chi connectivity index (χ0v) is 11.9. The number of hydrogen-bond donors (Lipinski definition) is 1. The van der Waals surface area contributed by atoms with Crippen LogP contribution >= 0.6 is 15.9 Å². The van der Waals surface area contributed by atoms with E-state index in [0.717, 1.165) is 15.8 Å². The third-order valence-electron chi connectivity index (χ3n) is 2.15. The fourth-order valence-corrected chi connectivity index (χ4v) is 1.74. The zero-order chi connectivity index (χ0) is 12.8. The van der Waals surface area contributed by atoms with Crippen LogP contribution in [0.2, 0.25) is 0 Å². The maximum atomic E-state index is 11.6. The molecular formula is C12H17BrN2O2. The molecule has 0 aromatic heterocycles. The van der Waals surface area contributed by atoms with Gasteiger partial charge in [-0.15, -0.1) is 0 Å². The fraction of sp³-hybridized carbons (Fsp3) is 0.417. The fourth-order valence-electron chi connectivity index (χ4n) is 1.38. The van der Waals surface area contributed by atoms with Gasteiger partial charge in [-0.2, -0.15) is 0 Å². The molecule has 0 aliphatic rings. The molecule has 1 aromatic carbocycles. The van der Waals surface area contributed by atoms with Gasteiger partial charge in [-0.05, 0) is 25.1 Å². The van der Waals surface area contributed by atoms with Crippen LogP contribution < -0.4 is 10.2 Å². The van der Waals surface area contributed by atoms with E-state index in [-0.39, 0.29) is 12.5 Å². The highest BCUT2D eigenvalue weighted by molar-refractivity contribution is 9.10. The van der Waals surface area contributed by atoms with Gasteiger partial charge in [0.1, 0.15) is 6.61 Å². The van der Waals surface area contributed by atoms with Gasteiger partial charge in [-0.1, -0.05) is 15.9 Å². The van der Waals surface area contributed by atoms with Crippen molar-refractivity contribution in [2.75, 3.05) is 37.5 Å². The summed E-state index contributed by atoms with van der Waals surface area (Å²) in [5, 5.41) is 2.83. The van der Waals surface area contributed by atoms with Crippen LogP contribution in [0.3, 0.4) is 0 Å². The van der Waals surface area contributed by atoms with Crippen LogP contribution in [0.1, 0.15) is 6.92 Å². The average molecular weight is 301 g/mol. The number of nitrogens with zero attached hydrogens (tertiary/aromatic N) is 1. The second kappa shape index (κ2) is 6.61. The minimum atomic E-state index is -0.145. The van der Waals surface area contributed by atoms with E-state index in [2.05, 4.69) is 21.2 Å². The van der Waals surface area contributed by atoms with Gasteiger partial charge in [0.15, 0.2) is 0 Å². The van der Waals surface area contributed by atoms with Crippen molar-refractivity contribution in [1.82, 2.24) is 0 Å². The Bertz CT molecular complexity index is 394. The molecule has 0 bridgehead atoms. The Kier molecular flexibility index (Phi) is 5.44. The number of anilines is 2. The lowest BCUT2D eigenvalue weighted by Gasteiger charge is -2.18. The van der Waals surface area contributed by atoms with Crippen molar-refractivity contribution in [1.29, 1.82) is 0 Å². The Hall–Kier alpha value is -1.07. The van der Waals surface area contributed by atoms with Crippen molar-refractivity contribution < 1.29 is 9.53 Å². The van der Waals surface area contributed by atoms with Crippen LogP contribution in [0.4, 0.5) is 11.4 Å². The number of halogens is 1.